The van der Waals surface area contributed by atoms with Gasteiger partial charge < -0.3 is 5.11 Å². The zero-order valence-electron chi connectivity index (χ0n) is 12.8. The molecule has 0 saturated heterocycles. The van der Waals surface area contributed by atoms with E-state index < -0.39 is 53.6 Å². The molecular formula is C9HF17KO2. The Hall–Kier alpha value is -0.0836. The Labute approximate surface area is 188 Å². The molecule has 0 aromatic carbocycles. The molecule has 0 aliphatic carbocycles. The van der Waals surface area contributed by atoms with Gasteiger partial charge in [0.2, 0.25) is 0 Å². The minimum atomic E-state index is -8.76. The van der Waals surface area contributed by atoms with E-state index in [1.165, 1.54) is 0 Å². The van der Waals surface area contributed by atoms with E-state index in [2.05, 4.69) is 0 Å². The summed E-state index contributed by atoms with van der Waals surface area (Å²) in [6.45, 7) is 0. The second-order valence-electron chi connectivity index (χ2n) is 4.82. The van der Waals surface area contributed by atoms with E-state index >= 15 is 0 Å². The van der Waals surface area contributed by atoms with E-state index in [9.17, 15) is 79.4 Å². The van der Waals surface area contributed by atoms with Crippen molar-refractivity contribution in [1.29, 1.82) is 0 Å². The number of rotatable bonds is 7. The van der Waals surface area contributed by atoms with Gasteiger partial charge in [0.15, 0.2) is 0 Å². The van der Waals surface area contributed by atoms with Crippen molar-refractivity contribution < 1.29 is 84.5 Å². The largest absolute Gasteiger partial charge is 0.477 e. The van der Waals surface area contributed by atoms with Crippen molar-refractivity contribution in [2.45, 2.75) is 47.6 Å². The summed E-state index contributed by atoms with van der Waals surface area (Å²) in [4.78, 5) is 9.77. The molecule has 1 radical (unpaired) electrons. The molecule has 0 atom stereocenters. The molecule has 0 spiro atoms. The normalized spacial score (nSPS) is 15.8. The van der Waals surface area contributed by atoms with Crippen LogP contribution in [0.3, 0.4) is 0 Å². The van der Waals surface area contributed by atoms with Gasteiger partial charge >= 0.3 is 53.6 Å². The Bertz CT molecular complexity index is 621. The molecule has 29 heavy (non-hydrogen) atoms. The molecule has 0 bridgehead atoms. The third-order valence-corrected chi connectivity index (χ3v) is 2.99. The Morgan fingerprint density at radius 1 is 0.448 bits per heavy atom. The zero-order chi connectivity index (χ0) is 23.6. The maximum atomic E-state index is 13.0. The summed E-state index contributed by atoms with van der Waals surface area (Å²) in [7, 11) is 0. The minimum absolute atomic E-state index is 0. The first-order valence-electron chi connectivity index (χ1n) is 5.64. The second-order valence-corrected chi connectivity index (χ2v) is 4.82. The van der Waals surface area contributed by atoms with Crippen LogP contribution < -0.4 is 0 Å². The first-order chi connectivity index (χ1) is 11.7. The van der Waals surface area contributed by atoms with Crippen LogP contribution in [0.5, 0.6) is 0 Å². The standard InChI is InChI=1S/C9HF17O2.K/c10-2(11,1(27)28)3(12,13)4(14,15)5(16,17)6(18,19)7(20,21)8(22,23)9(24,25)26;/h(H,27,28);. The third kappa shape index (κ3) is 3.95. The summed E-state index contributed by atoms with van der Waals surface area (Å²) in [5, 5.41) is 7.59. The fourth-order valence-electron chi connectivity index (χ4n) is 1.30. The first-order valence-corrected chi connectivity index (χ1v) is 5.64. The number of halogens is 17. The number of alkyl halides is 17. The van der Waals surface area contributed by atoms with Gasteiger partial charge in [-0.25, -0.2) is 4.79 Å². The second kappa shape index (κ2) is 7.80. The summed E-state index contributed by atoms with van der Waals surface area (Å²) < 4.78 is 214. The molecule has 0 saturated carbocycles. The minimum Gasteiger partial charge on any atom is -0.477 e. The van der Waals surface area contributed by atoms with Crippen LogP contribution in [-0.4, -0.2) is 110 Å². The van der Waals surface area contributed by atoms with Crippen LogP contribution in [0, 0.1) is 0 Å². The van der Waals surface area contributed by atoms with E-state index in [1.807, 2.05) is 0 Å². The van der Waals surface area contributed by atoms with E-state index in [-0.39, 0.29) is 51.4 Å². The molecule has 20 heteroatoms. The topological polar surface area (TPSA) is 37.3 Å². The molecular weight excluding hydrogens is 502 g/mol. The van der Waals surface area contributed by atoms with Gasteiger partial charge in [-0.15, -0.1) is 0 Å². The van der Waals surface area contributed by atoms with Crippen molar-refractivity contribution in [3.63, 3.8) is 0 Å². The molecule has 0 aromatic rings. The van der Waals surface area contributed by atoms with Crippen molar-refractivity contribution in [1.82, 2.24) is 0 Å². The Balaban J connectivity index is 0. The summed E-state index contributed by atoms with van der Waals surface area (Å²) >= 11 is 0. The van der Waals surface area contributed by atoms with Crippen LogP contribution in [0.4, 0.5) is 74.6 Å². The summed E-state index contributed by atoms with van der Waals surface area (Å²) in [6.07, 6.45) is -7.83. The zero-order valence-corrected chi connectivity index (χ0v) is 15.9. The molecule has 0 heterocycles. The third-order valence-electron chi connectivity index (χ3n) is 2.99. The Morgan fingerprint density at radius 3 is 0.862 bits per heavy atom. The average Bonchev–Trinajstić information content (AvgIpc) is 2.44. The molecule has 0 aliphatic heterocycles. The molecule has 0 aromatic heterocycles. The number of carboxylic acid groups (broad SMARTS) is 1. The van der Waals surface area contributed by atoms with Crippen LogP contribution in [0.1, 0.15) is 0 Å². The molecule has 0 fully saturated rings. The van der Waals surface area contributed by atoms with Gasteiger partial charge in [0, 0.05) is 51.4 Å². The van der Waals surface area contributed by atoms with Crippen molar-refractivity contribution in [2.24, 2.45) is 0 Å². The molecule has 169 valence electrons. The van der Waals surface area contributed by atoms with Gasteiger partial charge in [0.1, 0.15) is 0 Å². The number of carboxylic acids is 1. The van der Waals surface area contributed by atoms with Crippen LogP contribution in [-0.2, 0) is 4.79 Å². The van der Waals surface area contributed by atoms with Gasteiger partial charge in [0.25, 0.3) is 0 Å². The van der Waals surface area contributed by atoms with Crippen LogP contribution >= 0.6 is 0 Å². The van der Waals surface area contributed by atoms with Crippen LogP contribution in [0.15, 0.2) is 0 Å². The van der Waals surface area contributed by atoms with Crippen molar-refractivity contribution in [3.05, 3.63) is 0 Å². The Kier molecular flexibility index (Phi) is 8.37. The fourth-order valence-corrected chi connectivity index (χ4v) is 1.30. The van der Waals surface area contributed by atoms with E-state index in [0.29, 0.717) is 0 Å². The van der Waals surface area contributed by atoms with Crippen molar-refractivity contribution >= 4 is 57.4 Å². The van der Waals surface area contributed by atoms with Gasteiger partial charge in [-0.3, -0.25) is 0 Å². The predicted molar refractivity (Wildman–Crippen MR) is 54.1 cm³/mol. The number of hydrogen-bond donors (Lipinski definition) is 1. The van der Waals surface area contributed by atoms with Gasteiger partial charge in [-0.2, -0.15) is 74.6 Å². The van der Waals surface area contributed by atoms with Crippen molar-refractivity contribution in [3.8, 4) is 0 Å². The van der Waals surface area contributed by atoms with Gasteiger partial charge in [-0.1, -0.05) is 0 Å². The van der Waals surface area contributed by atoms with E-state index in [0.717, 1.165) is 0 Å². The fraction of sp³-hybridized carbons (Fsp3) is 0.889. The van der Waals surface area contributed by atoms with Gasteiger partial charge in [-0.05, 0) is 0 Å². The SMILES string of the molecule is O=C(O)C(F)(F)C(F)(F)C(F)(F)C(F)(F)C(F)(F)C(F)(F)C(F)(F)C(F)(F)F.[K]. The quantitative estimate of drug-likeness (QED) is 0.404. The smallest absolute Gasteiger partial charge is 0.460 e. The molecule has 0 rings (SSSR count). The number of aliphatic carboxylic acids is 1. The monoisotopic (exact) mass is 503 g/mol. The number of carbonyl (C=O) groups is 1. The molecule has 2 nitrogen and oxygen atoms in total. The Morgan fingerprint density at radius 2 is 0.655 bits per heavy atom. The van der Waals surface area contributed by atoms with Crippen LogP contribution in [0.2, 0.25) is 0 Å². The first kappa shape index (κ1) is 31.1. The average molecular weight is 503 g/mol. The van der Waals surface area contributed by atoms with E-state index in [1.54, 1.807) is 0 Å². The summed E-state index contributed by atoms with van der Waals surface area (Å²) in [5.74, 6) is -62.9. The predicted octanol–water partition coefficient (Wildman–Crippen LogP) is 4.70. The van der Waals surface area contributed by atoms with Crippen LogP contribution in [0.25, 0.3) is 0 Å². The van der Waals surface area contributed by atoms with Crippen molar-refractivity contribution in [2.75, 3.05) is 0 Å². The summed E-state index contributed by atoms with van der Waals surface area (Å²) in [6, 6.07) is 0. The molecule has 1 N–H and O–H groups in total. The van der Waals surface area contributed by atoms with E-state index in [4.69, 9.17) is 5.11 Å². The van der Waals surface area contributed by atoms with Gasteiger partial charge in [0.05, 0.1) is 0 Å². The summed E-state index contributed by atoms with van der Waals surface area (Å²) in [5.41, 5.74) is 0. The number of hydrogen-bond acceptors (Lipinski definition) is 1. The molecule has 0 amide bonds. The molecule has 0 unspecified atom stereocenters. The maximum Gasteiger partial charge on any atom is 0.460 e. The molecule has 0 aliphatic rings. The maximum absolute atomic E-state index is 13.0.